The summed E-state index contributed by atoms with van der Waals surface area (Å²) in [6, 6.07) is 3.24. The highest BCUT2D eigenvalue weighted by Crippen LogP contribution is 2.24. The minimum Gasteiger partial charge on any atom is -0.326 e. The Hall–Kier alpha value is -0.650. The van der Waals surface area contributed by atoms with Gasteiger partial charge in [-0.25, -0.2) is 9.37 Å². The molecule has 21 heavy (non-hydrogen) atoms. The van der Waals surface area contributed by atoms with E-state index in [0.29, 0.717) is 10.4 Å². The molecule has 0 fully saturated rings. The van der Waals surface area contributed by atoms with Crippen LogP contribution in [0.4, 0.5) is 4.39 Å². The number of hydrogen-bond acceptors (Lipinski definition) is 2. The zero-order valence-corrected chi connectivity index (χ0v) is 14.7. The third-order valence-electron chi connectivity index (χ3n) is 3.62. The SMILES string of the molecule is CCCN(CC)CCn1c(CCl)nc2cc(Br)c(F)cc21. The van der Waals surface area contributed by atoms with Gasteiger partial charge in [-0.2, -0.15) is 0 Å². The fourth-order valence-corrected chi connectivity index (χ4v) is 3.04. The molecule has 0 saturated heterocycles. The molecule has 2 rings (SSSR count). The molecular weight excluding hydrogens is 357 g/mol. The van der Waals surface area contributed by atoms with Crippen LogP contribution in [0.2, 0.25) is 0 Å². The molecule has 0 unspecified atom stereocenters. The van der Waals surface area contributed by atoms with Gasteiger partial charge in [-0.05, 0) is 41.5 Å². The molecule has 3 nitrogen and oxygen atoms in total. The number of nitrogens with zero attached hydrogens (tertiary/aromatic N) is 3. The molecule has 0 aliphatic rings. The number of likely N-dealkylation sites (N-methyl/N-ethyl adjacent to an activating group) is 1. The van der Waals surface area contributed by atoms with E-state index in [1.165, 1.54) is 6.07 Å². The van der Waals surface area contributed by atoms with Gasteiger partial charge in [0, 0.05) is 19.2 Å². The summed E-state index contributed by atoms with van der Waals surface area (Å²) in [5.41, 5.74) is 1.58. The van der Waals surface area contributed by atoms with Crippen molar-refractivity contribution in [3.05, 3.63) is 28.2 Å². The van der Waals surface area contributed by atoms with Crippen LogP contribution in [0, 0.1) is 5.82 Å². The summed E-state index contributed by atoms with van der Waals surface area (Å²) in [6.07, 6.45) is 1.13. The number of halogens is 3. The zero-order valence-electron chi connectivity index (χ0n) is 12.4. The van der Waals surface area contributed by atoms with E-state index in [-0.39, 0.29) is 5.82 Å². The van der Waals surface area contributed by atoms with Crippen LogP contribution in [0.25, 0.3) is 11.0 Å². The van der Waals surface area contributed by atoms with Gasteiger partial charge in [0.1, 0.15) is 11.6 Å². The minimum absolute atomic E-state index is 0.273. The number of rotatable bonds is 7. The summed E-state index contributed by atoms with van der Waals surface area (Å²) in [6.45, 7) is 8.09. The van der Waals surface area contributed by atoms with Crippen molar-refractivity contribution in [1.29, 1.82) is 0 Å². The van der Waals surface area contributed by atoms with E-state index in [4.69, 9.17) is 11.6 Å². The number of hydrogen-bond donors (Lipinski definition) is 0. The topological polar surface area (TPSA) is 21.1 Å². The van der Waals surface area contributed by atoms with Crippen LogP contribution in [0.15, 0.2) is 16.6 Å². The van der Waals surface area contributed by atoms with Gasteiger partial charge in [-0.1, -0.05) is 13.8 Å². The molecule has 0 amide bonds. The quantitative estimate of drug-likeness (QED) is 0.667. The lowest BCUT2D eigenvalue weighted by atomic mass is 10.3. The number of aromatic nitrogens is 2. The van der Waals surface area contributed by atoms with Crippen molar-refractivity contribution >= 4 is 38.6 Å². The number of fused-ring (bicyclic) bond motifs is 1. The molecule has 1 aromatic carbocycles. The largest absolute Gasteiger partial charge is 0.326 e. The van der Waals surface area contributed by atoms with Crippen molar-refractivity contribution in [3.8, 4) is 0 Å². The molecule has 0 atom stereocenters. The van der Waals surface area contributed by atoms with Crippen LogP contribution in [0.1, 0.15) is 26.1 Å². The Morgan fingerprint density at radius 3 is 2.71 bits per heavy atom. The molecule has 0 N–H and O–H groups in total. The Balaban J connectivity index is 2.30. The lowest BCUT2D eigenvalue weighted by Gasteiger charge is -2.20. The highest BCUT2D eigenvalue weighted by Gasteiger charge is 2.13. The van der Waals surface area contributed by atoms with Crippen LogP contribution >= 0.6 is 27.5 Å². The minimum atomic E-state index is -0.273. The summed E-state index contributed by atoms with van der Waals surface area (Å²) in [5, 5.41) is 0. The average Bonchev–Trinajstić information content (AvgIpc) is 2.81. The highest BCUT2D eigenvalue weighted by molar-refractivity contribution is 9.10. The number of benzene rings is 1. The summed E-state index contributed by atoms with van der Waals surface area (Å²) in [7, 11) is 0. The second kappa shape index (κ2) is 7.56. The lowest BCUT2D eigenvalue weighted by Crippen LogP contribution is -2.28. The molecule has 2 aromatic rings. The molecule has 116 valence electrons. The van der Waals surface area contributed by atoms with E-state index in [2.05, 4.69) is 39.7 Å². The second-order valence-corrected chi connectivity index (χ2v) is 6.12. The van der Waals surface area contributed by atoms with Gasteiger partial charge in [0.05, 0.1) is 21.4 Å². The van der Waals surface area contributed by atoms with Gasteiger partial charge in [-0.15, -0.1) is 11.6 Å². The third kappa shape index (κ3) is 3.76. The van der Waals surface area contributed by atoms with Crippen molar-refractivity contribution in [2.75, 3.05) is 19.6 Å². The first kappa shape index (κ1) is 16.7. The molecule has 0 radical (unpaired) electrons. The van der Waals surface area contributed by atoms with Crippen molar-refractivity contribution < 1.29 is 4.39 Å². The van der Waals surface area contributed by atoms with E-state index in [0.717, 1.165) is 49.5 Å². The predicted octanol–water partition coefficient (Wildman–Crippen LogP) is 4.41. The maximum Gasteiger partial charge on any atom is 0.139 e. The lowest BCUT2D eigenvalue weighted by molar-refractivity contribution is 0.277. The van der Waals surface area contributed by atoms with Crippen LogP contribution in [-0.2, 0) is 12.4 Å². The average molecular weight is 377 g/mol. The van der Waals surface area contributed by atoms with Crippen molar-refractivity contribution in [3.63, 3.8) is 0 Å². The van der Waals surface area contributed by atoms with Crippen LogP contribution in [-0.4, -0.2) is 34.1 Å². The Labute approximate surface area is 138 Å². The Bertz CT molecular complexity index is 614. The molecule has 0 aliphatic heterocycles. The number of alkyl halides is 1. The van der Waals surface area contributed by atoms with Gasteiger partial charge < -0.3 is 9.47 Å². The van der Waals surface area contributed by atoms with Crippen LogP contribution in [0.3, 0.4) is 0 Å². The maximum absolute atomic E-state index is 13.8. The fourth-order valence-electron chi connectivity index (χ4n) is 2.51. The van der Waals surface area contributed by atoms with Gasteiger partial charge >= 0.3 is 0 Å². The van der Waals surface area contributed by atoms with E-state index >= 15 is 0 Å². The first-order valence-corrected chi connectivity index (χ1v) is 8.55. The van der Waals surface area contributed by atoms with Crippen molar-refractivity contribution in [1.82, 2.24) is 14.5 Å². The highest BCUT2D eigenvalue weighted by atomic mass is 79.9. The second-order valence-electron chi connectivity index (χ2n) is 5.00. The molecule has 0 bridgehead atoms. The molecular formula is C15H20BrClFN3. The first-order chi connectivity index (χ1) is 10.1. The van der Waals surface area contributed by atoms with Crippen LogP contribution < -0.4 is 0 Å². The van der Waals surface area contributed by atoms with Crippen LogP contribution in [0.5, 0.6) is 0 Å². The van der Waals surface area contributed by atoms with E-state index < -0.39 is 0 Å². The zero-order chi connectivity index (χ0) is 15.4. The normalized spacial score (nSPS) is 11.7. The Kier molecular flexibility index (Phi) is 6.02. The van der Waals surface area contributed by atoms with Crippen molar-refractivity contribution in [2.45, 2.75) is 32.7 Å². The third-order valence-corrected chi connectivity index (χ3v) is 4.46. The maximum atomic E-state index is 13.8. The predicted molar refractivity (Wildman–Crippen MR) is 89.4 cm³/mol. The molecule has 0 spiro atoms. The van der Waals surface area contributed by atoms with Crippen molar-refractivity contribution in [2.24, 2.45) is 0 Å². The summed E-state index contributed by atoms with van der Waals surface area (Å²) >= 11 is 9.19. The summed E-state index contributed by atoms with van der Waals surface area (Å²) in [4.78, 5) is 6.87. The monoisotopic (exact) mass is 375 g/mol. The summed E-state index contributed by atoms with van der Waals surface area (Å²) in [5.74, 6) is 0.843. The Morgan fingerprint density at radius 2 is 2.10 bits per heavy atom. The van der Waals surface area contributed by atoms with Gasteiger partial charge in [0.25, 0.3) is 0 Å². The molecule has 6 heteroatoms. The summed E-state index contributed by atoms with van der Waals surface area (Å²) < 4.78 is 16.3. The molecule has 0 aliphatic carbocycles. The molecule has 0 saturated carbocycles. The van der Waals surface area contributed by atoms with E-state index in [9.17, 15) is 4.39 Å². The Morgan fingerprint density at radius 1 is 1.33 bits per heavy atom. The van der Waals surface area contributed by atoms with Gasteiger partial charge in [0.15, 0.2) is 0 Å². The van der Waals surface area contributed by atoms with Gasteiger partial charge in [-0.3, -0.25) is 0 Å². The number of imidazole rings is 1. The molecule has 1 heterocycles. The van der Waals surface area contributed by atoms with E-state index in [1.807, 2.05) is 4.57 Å². The first-order valence-electron chi connectivity index (χ1n) is 7.23. The fraction of sp³-hybridized carbons (Fsp3) is 0.533. The van der Waals surface area contributed by atoms with Gasteiger partial charge in [0.2, 0.25) is 0 Å². The smallest absolute Gasteiger partial charge is 0.139 e. The van der Waals surface area contributed by atoms with E-state index in [1.54, 1.807) is 6.07 Å². The molecule has 1 aromatic heterocycles. The standard InChI is InChI=1S/C15H20BrClFN3/c1-3-5-20(4-2)6-7-21-14-9-12(18)11(16)8-13(14)19-15(21)10-17/h8-9H,3-7,10H2,1-2H3.